The van der Waals surface area contributed by atoms with Crippen molar-refractivity contribution in [1.82, 2.24) is 0 Å². The SMILES string of the molecule is Cc1ccc(F)c(CC(Br)C(=O)C(C)(C)C)c1F. The van der Waals surface area contributed by atoms with Crippen molar-refractivity contribution in [2.45, 2.75) is 38.9 Å². The summed E-state index contributed by atoms with van der Waals surface area (Å²) in [5.41, 5.74) is -0.186. The molecule has 0 saturated heterocycles. The van der Waals surface area contributed by atoms with Gasteiger partial charge in [0.15, 0.2) is 5.78 Å². The van der Waals surface area contributed by atoms with Gasteiger partial charge in [-0.3, -0.25) is 4.79 Å². The van der Waals surface area contributed by atoms with Crippen LogP contribution in [0.15, 0.2) is 12.1 Å². The highest BCUT2D eigenvalue weighted by Gasteiger charge is 2.29. The lowest BCUT2D eigenvalue weighted by Gasteiger charge is -2.21. The summed E-state index contributed by atoms with van der Waals surface area (Å²) in [6.07, 6.45) is 0.0233. The van der Waals surface area contributed by atoms with Gasteiger partial charge in [0, 0.05) is 11.0 Å². The lowest BCUT2D eigenvalue weighted by molar-refractivity contribution is -0.125. The second-order valence-electron chi connectivity index (χ2n) is 5.44. The van der Waals surface area contributed by atoms with Gasteiger partial charge in [0.1, 0.15) is 11.6 Å². The Hall–Kier alpha value is -0.770. The first kappa shape index (κ1) is 15.3. The Kier molecular flexibility index (Phi) is 4.65. The van der Waals surface area contributed by atoms with E-state index >= 15 is 0 Å². The van der Waals surface area contributed by atoms with Crippen molar-refractivity contribution in [3.05, 3.63) is 34.9 Å². The molecular formula is C14H17BrF2O. The van der Waals surface area contributed by atoms with E-state index in [0.29, 0.717) is 5.56 Å². The van der Waals surface area contributed by atoms with Gasteiger partial charge in [-0.15, -0.1) is 0 Å². The first-order valence-corrected chi connectivity index (χ1v) is 6.68. The molecule has 1 aromatic carbocycles. The second-order valence-corrected chi connectivity index (χ2v) is 6.55. The van der Waals surface area contributed by atoms with E-state index in [9.17, 15) is 13.6 Å². The number of carbonyl (C=O) groups is 1. The summed E-state index contributed by atoms with van der Waals surface area (Å²) in [6.45, 7) is 6.93. The summed E-state index contributed by atoms with van der Waals surface area (Å²) < 4.78 is 27.4. The zero-order valence-electron chi connectivity index (χ0n) is 11.0. The molecule has 1 atom stereocenters. The van der Waals surface area contributed by atoms with Crippen molar-refractivity contribution in [1.29, 1.82) is 0 Å². The number of Topliss-reactive ketones (excluding diaryl/α,β-unsaturated/α-hetero) is 1. The molecule has 4 heteroatoms. The van der Waals surface area contributed by atoms with Crippen LogP contribution in [0.5, 0.6) is 0 Å². The fraction of sp³-hybridized carbons (Fsp3) is 0.500. The Morgan fingerprint density at radius 3 is 2.39 bits per heavy atom. The van der Waals surface area contributed by atoms with Crippen molar-refractivity contribution in [2.75, 3.05) is 0 Å². The molecule has 0 amide bonds. The van der Waals surface area contributed by atoms with E-state index in [1.54, 1.807) is 27.7 Å². The molecule has 18 heavy (non-hydrogen) atoms. The molecule has 100 valence electrons. The molecule has 0 aliphatic rings. The first-order chi connectivity index (χ1) is 8.14. The molecule has 0 aliphatic carbocycles. The fourth-order valence-corrected chi connectivity index (χ4v) is 2.65. The molecule has 0 radical (unpaired) electrons. The zero-order chi connectivity index (χ0) is 14.1. The summed E-state index contributed by atoms with van der Waals surface area (Å²) >= 11 is 3.23. The predicted octanol–water partition coefficient (Wildman–Crippen LogP) is 4.19. The van der Waals surface area contributed by atoms with E-state index in [0.717, 1.165) is 0 Å². The van der Waals surface area contributed by atoms with Crippen LogP contribution in [0.4, 0.5) is 8.78 Å². The van der Waals surface area contributed by atoms with Gasteiger partial charge in [-0.25, -0.2) is 8.78 Å². The molecule has 0 aromatic heterocycles. The number of hydrogen-bond acceptors (Lipinski definition) is 1. The molecule has 1 rings (SSSR count). The van der Waals surface area contributed by atoms with Crippen LogP contribution in [0.1, 0.15) is 31.9 Å². The number of ketones is 1. The van der Waals surface area contributed by atoms with E-state index in [1.807, 2.05) is 0 Å². The minimum absolute atomic E-state index is 0.0233. The Morgan fingerprint density at radius 1 is 1.33 bits per heavy atom. The predicted molar refractivity (Wildman–Crippen MR) is 72.0 cm³/mol. The molecule has 0 heterocycles. The summed E-state index contributed by atoms with van der Waals surface area (Å²) in [7, 11) is 0. The Balaban J connectivity index is 2.99. The molecule has 0 fully saturated rings. The highest BCUT2D eigenvalue weighted by Crippen LogP contribution is 2.26. The number of benzene rings is 1. The molecule has 0 saturated carbocycles. The van der Waals surface area contributed by atoms with Crippen LogP contribution >= 0.6 is 15.9 Å². The maximum Gasteiger partial charge on any atom is 0.152 e. The lowest BCUT2D eigenvalue weighted by atomic mass is 9.87. The molecular weight excluding hydrogens is 302 g/mol. The third-order valence-electron chi connectivity index (χ3n) is 2.79. The molecule has 0 aliphatic heterocycles. The average molecular weight is 319 g/mol. The fourth-order valence-electron chi connectivity index (χ4n) is 1.64. The minimum Gasteiger partial charge on any atom is -0.298 e. The van der Waals surface area contributed by atoms with E-state index < -0.39 is 21.9 Å². The Labute approximate surface area is 115 Å². The van der Waals surface area contributed by atoms with Crippen LogP contribution < -0.4 is 0 Å². The van der Waals surface area contributed by atoms with Gasteiger partial charge < -0.3 is 0 Å². The highest BCUT2D eigenvalue weighted by molar-refractivity contribution is 9.10. The van der Waals surface area contributed by atoms with Gasteiger partial charge in [0.2, 0.25) is 0 Å². The van der Waals surface area contributed by atoms with Crippen molar-refractivity contribution < 1.29 is 13.6 Å². The molecule has 0 spiro atoms. The van der Waals surface area contributed by atoms with Crippen molar-refractivity contribution in [3.63, 3.8) is 0 Å². The average Bonchev–Trinajstić information content (AvgIpc) is 2.27. The molecule has 1 nitrogen and oxygen atoms in total. The number of halogens is 3. The number of carbonyl (C=O) groups excluding carboxylic acids is 1. The molecule has 1 aromatic rings. The standard InChI is InChI=1S/C14H17BrF2O/c1-8-5-6-11(16)9(12(8)17)7-10(15)13(18)14(2,3)4/h5-6,10H,7H2,1-4H3. The van der Waals surface area contributed by atoms with Gasteiger partial charge in [0.25, 0.3) is 0 Å². The van der Waals surface area contributed by atoms with E-state index in [4.69, 9.17) is 0 Å². The zero-order valence-corrected chi connectivity index (χ0v) is 12.6. The van der Waals surface area contributed by atoms with Crippen molar-refractivity contribution >= 4 is 21.7 Å². The summed E-state index contributed by atoms with van der Waals surface area (Å²) in [6, 6.07) is 2.62. The van der Waals surface area contributed by atoms with Gasteiger partial charge in [-0.1, -0.05) is 42.8 Å². The Bertz CT molecular complexity index is 464. The number of hydrogen-bond donors (Lipinski definition) is 0. The third-order valence-corrected chi connectivity index (χ3v) is 3.53. The number of rotatable bonds is 3. The number of aryl methyl sites for hydroxylation is 1. The third kappa shape index (κ3) is 3.37. The van der Waals surface area contributed by atoms with Gasteiger partial charge in [0.05, 0.1) is 4.83 Å². The van der Waals surface area contributed by atoms with Crippen LogP contribution in [0.25, 0.3) is 0 Å². The van der Waals surface area contributed by atoms with Crippen molar-refractivity contribution in [3.8, 4) is 0 Å². The van der Waals surface area contributed by atoms with Crippen LogP contribution in [-0.4, -0.2) is 10.6 Å². The van der Waals surface area contributed by atoms with Crippen LogP contribution in [-0.2, 0) is 11.2 Å². The monoisotopic (exact) mass is 318 g/mol. The number of alkyl halides is 1. The lowest BCUT2D eigenvalue weighted by Crippen LogP contribution is -2.30. The smallest absolute Gasteiger partial charge is 0.152 e. The van der Waals surface area contributed by atoms with Gasteiger partial charge >= 0.3 is 0 Å². The largest absolute Gasteiger partial charge is 0.298 e. The van der Waals surface area contributed by atoms with Crippen LogP contribution in [0.3, 0.4) is 0 Å². The summed E-state index contributed by atoms with van der Waals surface area (Å²) in [5.74, 6) is -1.24. The van der Waals surface area contributed by atoms with Gasteiger partial charge in [-0.2, -0.15) is 0 Å². The molecule has 0 N–H and O–H groups in total. The normalized spacial score (nSPS) is 13.5. The first-order valence-electron chi connectivity index (χ1n) is 5.76. The Morgan fingerprint density at radius 2 is 1.89 bits per heavy atom. The van der Waals surface area contributed by atoms with E-state index in [2.05, 4.69) is 15.9 Å². The van der Waals surface area contributed by atoms with E-state index in [1.165, 1.54) is 12.1 Å². The van der Waals surface area contributed by atoms with Gasteiger partial charge in [-0.05, 0) is 25.0 Å². The van der Waals surface area contributed by atoms with Crippen LogP contribution in [0.2, 0.25) is 0 Å². The summed E-state index contributed by atoms with van der Waals surface area (Å²) in [4.78, 5) is 11.4. The highest BCUT2D eigenvalue weighted by atomic mass is 79.9. The van der Waals surface area contributed by atoms with Crippen molar-refractivity contribution in [2.24, 2.45) is 5.41 Å². The molecule has 0 bridgehead atoms. The van der Waals surface area contributed by atoms with Crippen LogP contribution in [0, 0.1) is 24.0 Å². The maximum absolute atomic E-state index is 13.8. The second kappa shape index (κ2) is 5.47. The minimum atomic E-state index is -0.607. The van der Waals surface area contributed by atoms with E-state index in [-0.39, 0.29) is 17.8 Å². The topological polar surface area (TPSA) is 17.1 Å². The summed E-state index contributed by atoms with van der Waals surface area (Å²) in [5, 5.41) is 0. The molecule has 1 unspecified atom stereocenters. The quantitative estimate of drug-likeness (QED) is 0.763. The maximum atomic E-state index is 13.8.